The van der Waals surface area contributed by atoms with E-state index in [0.29, 0.717) is 0 Å². The minimum Gasteiger partial charge on any atom is -0.477 e. The molecule has 1 N–H and O–H groups in total. The number of hydrogen-bond acceptors (Lipinski definition) is 4. The molecule has 0 aliphatic carbocycles. The molecule has 2 heterocycles. The zero-order valence-corrected chi connectivity index (χ0v) is 10.4. The first-order valence-corrected chi connectivity index (χ1v) is 5.72. The maximum Gasteiger partial charge on any atom is 0.431 e. The van der Waals surface area contributed by atoms with Gasteiger partial charge in [-0.05, 0) is 24.3 Å². The van der Waals surface area contributed by atoms with Gasteiger partial charge in [-0.1, -0.05) is 6.07 Å². The van der Waals surface area contributed by atoms with E-state index in [1.54, 1.807) is 0 Å². The van der Waals surface area contributed by atoms with Crippen LogP contribution in [0.2, 0.25) is 0 Å². The van der Waals surface area contributed by atoms with Crippen LogP contribution in [0.5, 0.6) is 5.88 Å². The number of alkyl halides is 3. The number of pyridine rings is 2. The van der Waals surface area contributed by atoms with Gasteiger partial charge in [0.05, 0.1) is 5.69 Å². The molecule has 2 rings (SSSR count). The Balaban J connectivity index is 2.40. The van der Waals surface area contributed by atoms with Gasteiger partial charge in [0, 0.05) is 12.4 Å². The summed E-state index contributed by atoms with van der Waals surface area (Å²) in [5.41, 5.74) is -0.838. The quantitative estimate of drug-likeness (QED) is 0.939. The van der Waals surface area contributed by atoms with Crippen molar-refractivity contribution in [3.05, 3.63) is 54.0 Å². The predicted molar refractivity (Wildman–Crippen MR) is 64.9 cm³/mol. The number of hydrogen-bond donors (Lipinski definition) is 1. The van der Waals surface area contributed by atoms with Crippen LogP contribution < -0.4 is 4.74 Å². The number of nitrogens with zero attached hydrogens (tertiary/aromatic N) is 2. The first-order chi connectivity index (χ1) is 9.89. The molecular formula is C13H9F3N2O3. The number of carbonyl (C=O) groups is 1. The highest BCUT2D eigenvalue weighted by Gasteiger charge is 2.44. The lowest BCUT2D eigenvalue weighted by molar-refractivity contribution is -0.199. The van der Waals surface area contributed by atoms with Crippen molar-refractivity contribution in [1.82, 2.24) is 9.97 Å². The third kappa shape index (κ3) is 3.47. The van der Waals surface area contributed by atoms with E-state index in [2.05, 4.69) is 9.97 Å². The molecule has 0 aliphatic rings. The fourth-order valence-corrected chi connectivity index (χ4v) is 1.59. The van der Waals surface area contributed by atoms with Crippen molar-refractivity contribution in [2.45, 2.75) is 12.3 Å². The van der Waals surface area contributed by atoms with Crippen LogP contribution in [0.3, 0.4) is 0 Å². The van der Waals surface area contributed by atoms with Crippen molar-refractivity contribution in [2.24, 2.45) is 0 Å². The number of carboxylic acid groups (broad SMARTS) is 1. The molecule has 0 spiro atoms. The van der Waals surface area contributed by atoms with E-state index < -0.39 is 29.7 Å². The number of halogens is 3. The summed E-state index contributed by atoms with van der Waals surface area (Å²) in [5, 5.41) is 8.94. The van der Waals surface area contributed by atoms with Gasteiger partial charge in [0.15, 0.2) is 0 Å². The smallest absolute Gasteiger partial charge is 0.431 e. The largest absolute Gasteiger partial charge is 0.477 e. The minimum atomic E-state index is -4.76. The third-order valence-corrected chi connectivity index (χ3v) is 2.48. The predicted octanol–water partition coefficient (Wildman–Crippen LogP) is 2.86. The van der Waals surface area contributed by atoms with Gasteiger partial charge >= 0.3 is 12.1 Å². The highest BCUT2D eigenvalue weighted by atomic mass is 19.4. The molecule has 8 heteroatoms. The first-order valence-electron chi connectivity index (χ1n) is 5.72. The van der Waals surface area contributed by atoms with Gasteiger partial charge in [-0.25, -0.2) is 9.78 Å². The average Bonchev–Trinajstić information content (AvgIpc) is 2.44. The minimum absolute atomic E-state index is 0.382. The summed E-state index contributed by atoms with van der Waals surface area (Å²) >= 11 is 0. The topological polar surface area (TPSA) is 72.3 Å². The van der Waals surface area contributed by atoms with Gasteiger partial charge in [0.2, 0.25) is 12.0 Å². The maximum absolute atomic E-state index is 13.1. The molecule has 1 atom stereocenters. The van der Waals surface area contributed by atoms with Crippen molar-refractivity contribution in [3.8, 4) is 5.88 Å². The Morgan fingerprint density at radius 3 is 2.43 bits per heavy atom. The average molecular weight is 298 g/mol. The van der Waals surface area contributed by atoms with E-state index in [4.69, 9.17) is 9.84 Å². The van der Waals surface area contributed by atoms with Crippen molar-refractivity contribution in [2.75, 3.05) is 0 Å². The van der Waals surface area contributed by atoms with E-state index in [9.17, 15) is 18.0 Å². The van der Waals surface area contributed by atoms with Crippen LogP contribution in [0.15, 0.2) is 42.7 Å². The molecule has 2 aromatic heterocycles. The van der Waals surface area contributed by atoms with Crippen molar-refractivity contribution in [1.29, 1.82) is 0 Å². The zero-order valence-electron chi connectivity index (χ0n) is 10.4. The highest BCUT2D eigenvalue weighted by molar-refractivity contribution is 5.90. The molecule has 5 nitrogen and oxygen atoms in total. The van der Waals surface area contributed by atoms with Crippen molar-refractivity contribution in [3.63, 3.8) is 0 Å². The summed E-state index contributed by atoms with van der Waals surface area (Å²) in [6.07, 6.45) is -4.82. The summed E-state index contributed by atoms with van der Waals surface area (Å²) in [7, 11) is 0. The Morgan fingerprint density at radius 1 is 1.14 bits per heavy atom. The second kappa shape index (κ2) is 5.78. The molecule has 0 aliphatic heterocycles. The van der Waals surface area contributed by atoms with E-state index in [1.165, 1.54) is 24.4 Å². The second-order valence-electron chi connectivity index (χ2n) is 3.96. The third-order valence-electron chi connectivity index (χ3n) is 2.48. The first kappa shape index (κ1) is 14.8. The van der Waals surface area contributed by atoms with E-state index in [-0.39, 0.29) is 5.69 Å². The standard InChI is InChI=1S/C13H9F3N2O3/c14-13(15,16)10(9-5-1-2-6-17-9)21-11-8(12(19)20)4-3-7-18-11/h1-7,10H,(H,19,20). The molecule has 0 saturated carbocycles. The normalized spacial score (nSPS) is 12.7. The summed E-state index contributed by atoms with van der Waals surface area (Å²) in [6, 6.07) is 6.37. The Labute approximate surface area is 117 Å². The molecule has 1 unspecified atom stereocenters. The number of ether oxygens (including phenoxy) is 1. The SMILES string of the molecule is O=C(O)c1cccnc1OC(c1ccccn1)C(F)(F)F. The maximum atomic E-state index is 13.1. The zero-order chi connectivity index (χ0) is 15.5. The van der Waals surface area contributed by atoms with Gasteiger partial charge in [0.25, 0.3) is 0 Å². The molecule has 0 radical (unpaired) electrons. The van der Waals surface area contributed by atoms with Crippen LogP contribution in [0, 0.1) is 0 Å². The summed E-state index contributed by atoms with van der Waals surface area (Å²) in [4.78, 5) is 18.1. The molecule has 0 saturated heterocycles. The molecule has 0 amide bonds. The highest BCUT2D eigenvalue weighted by Crippen LogP contribution is 2.36. The van der Waals surface area contributed by atoms with Crippen LogP contribution in [0.25, 0.3) is 0 Å². The molecule has 0 fully saturated rings. The molecular weight excluding hydrogens is 289 g/mol. The van der Waals surface area contributed by atoms with Crippen LogP contribution in [0.4, 0.5) is 13.2 Å². The Hall–Kier alpha value is -2.64. The lowest BCUT2D eigenvalue weighted by Gasteiger charge is -2.21. The number of aromatic carboxylic acids is 1. The summed E-state index contributed by atoms with van der Waals surface area (Å²) in [5.74, 6) is -2.04. The molecule has 21 heavy (non-hydrogen) atoms. The fourth-order valence-electron chi connectivity index (χ4n) is 1.59. The lowest BCUT2D eigenvalue weighted by atomic mass is 10.2. The molecule has 110 valence electrons. The molecule has 0 bridgehead atoms. The number of carboxylic acids is 1. The monoisotopic (exact) mass is 298 g/mol. The molecule has 2 aromatic rings. The van der Waals surface area contributed by atoms with E-state index in [0.717, 1.165) is 18.3 Å². The van der Waals surface area contributed by atoms with E-state index in [1.807, 2.05) is 0 Å². The second-order valence-corrected chi connectivity index (χ2v) is 3.96. The molecule has 0 aromatic carbocycles. The van der Waals surface area contributed by atoms with Crippen LogP contribution in [0.1, 0.15) is 22.2 Å². The van der Waals surface area contributed by atoms with Gasteiger partial charge in [0.1, 0.15) is 5.56 Å². The summed E-state index contributed by atoms with van der Waals surface area (Å²) < 4.78 is 44.0. The number of rotatable bonds is 4. The van der Waals surface area contributed by atoms with Crippen LogP contribution in [-0.2, 0) is 0 Å². The van der Waals surface area contributed by atoms with E-state index >= 15 is 0 Å². The fraction of sp³-hybridized carbons (Fsp3) is 0.154. The van der Waals surface area contributed by atoms with Gasteiger partial charge in [-0.15, -0.1) is 0 Å². The van der Waals surface area contributed by atoms with Crippen molar-refractivity contribution < 1.29 is 27.8 Å². The number of aromatic nitrogens is 2. The van der Waals surface area contributed by atoms with Crippen LogP contribution >= 0.6 is 0 Å². The van der Waals surface area contributed by atoms with Gasteiger partial charge in [-0.3, -0.25) is 4.98 Å². The van der Waals surface area contributed by atoms with Gasteiger partial charge < -0.3 is 9.84 Å². The van der Waals surface area contributed by atoms with Crippen molar-refractivity contribution >= 4 is 5.97 Å². The lowest BCUT2D eigenvalue weighted by Crippen LogP contribution is -2.27. The van der Waals surface area contributed by atoms with Crippen LogP contribution in [-0.4, -0.2) is 27.2 Å². The summed E-state index contributed by atoms with van der Waals surface area (Å²) in [6.45, 7) is 0. The Bertz CT molecular complexity index is 632. The van der Waals surface area contributed by atoms with Gasteiger partial charge in [-0.2, -0.15) is 13.2 Å². The Kier molecular flexibility index (Phi) is 4.06. The Morgan fingerprint density at radius 2 is 1.86 bits per heavy atom.